The van der Waals surface area contributed by atoms with Crippen molar-refractivity contribution in [2.45, 2.75) is 273 Å². The first-order valence-electron chi connectivity index (χ1n) is 32.1. The van der Waals surface area contributed by atoms with Crippen LogP contribution in [0.1, 0.15) is 27.7 Å². The van der Waals surface area contributed by atoms with Gasteiger partial charge in [-0.2, -0.15) is 0 Å². The molecular formula is C56H94N4O41. The Labute approximate surface area is 572 Å². The molecule has 0 bridgehead atoms. The molecule has 0 aromatic heterocycles. The summed E-state index contributed by atoms with van der Waals surface area (Å²) in [6.45, 7) is -4.51. The van der Waals surface area contributed by atoms with Gasteiger partial charge in [-0.15, -0.1) is 0 Å². The fourth-order valence-electron chi connectivity index (χ4n) is 13.0. The van der Waals surface area contributed by atoms with Gasteiger partial charge in [-0.05, 0) is 0 Å². The third kappa shape index (κ3) is 18.5. The van der Waals surface area contributed by atoms with Crippen LogP contribution in [0.2, 0.25) is 0 Å². The van der Waals surface area contributed by atoms with Gasteiger partial charge < -0.3 is 205 Å². The number of hydrogen-bond donors (Lipinski definition) is 26. The normalized spacial score (nSPS) is 48.3. The van der Waals surface area contributed by atoms with E-state index in [9.17, 15) is 132 Å². The van der Waals surface area contributed by atoms with Crippen molar-refractivity contribution in [3.05, 3.63) is 0 Å². The predicted octanol–water partition coefficient (Wildman–Crippen LogP) is -17.9. The van der Waals surface area contributed by atoms with Crippen molar-refractivity contribution >= 4 is 23.6 Å². The van der Waals surface area contributed by atoms with E-state index in [2.05, 4.69) is 21.3 Å². The van der Waals surface area contributed by atoms with Gasteiger partial charge in [0.2, 0.25) is 23.6 Å². The molecule has 1 unspecified atom stereocenters. The van der Waals surface area contributed by atoms with Crippen LogP contribution in [-0.2, 0) is 90.2 Å². The number of ether oxygens (including phenoxy) is 15. The molecule has 0 aromatic rings. The number of amides is 4. The molecule has 40 atom stereocenters. The third-order valence-electron chi connectivity index (χ3n) is 18.2. The molecule has 8 fully saturated rings. The zero-order valence-electron chi connectivity index (χ0n) is 54.3. The lowest BCUT2D eigenvalue weighted by Crippen LogP contribution is -2.71. The molecule has 101 heavy (non-hydrogen) atoms. The number of rotatable bonds is 26. The third-order valence-corrected chi connectivity index (χ3v) is 18.2. The van der Waals surface area contributed by atoms with Gasteiger partial charge in [-0.25, -0.2) is 0 Å². The number of nitrogens with one attached hydrogen (secondary N) is 4. The second kappa shape index (κ2) is 36.3. The van der Waals surface area contributed by atoms with Gasteiger partial charge in [0.1, 0.15) is 195 Å². The first-order chi connectivity index (χ1) is 47.8. The zero-order valence-corrected chi connectivity index (χ0v) is 54.3. The van der Waals surface area contributed by atoms with E-state index in [1.54, 1.807) is 0 Å². The number of carbonyl (C=O) groups is 4. The van der Waals surface area contributed by atoms with Gasteiger partial charge in [-0.1, -0.05) is 0 Å². The molecule has 0 saturated carbocycles. The first kappa shape index (κ1) is 83.0. The van der Waals surface area contributed by atoms with Crippen LogP contribution in [0.3, 0.4) is 0 Å². The van der Waals surface area contributed by atoms with Gasteiger partial charge in [0.25, 0.3) is 0 Å². The summed E-state index contributed by atoms with van der Waals surface area (Å²) in [4.78, 5) is 51.4. The van der Waals surface area contributed by atoms with Crippen LogP contribution >= 0.6 is 0 Å². The number of hydrogen-bond acceptors (Lipinski definition) is 41. The van der Waals surface area contributed by atoms with E-state index >= 15 is 0 Å². The van der Waals surface area contributed by atoms with E-state index in [1.807, 2.05) is 0 Å². The van der Waals surface area contributed by atoms with E-state index in [-0.39, 0.29) is 0 Å². The van der Waals surface area contributed by atoms with Crippen molar-refractivity contribution in [2.24, 2.45) is 0 Å². The average molecular weight is 1480 g/mol. The number of aliphatic hydroxyl groups is 22. The predicted molar refractivity (Wildman–Crippen MR) is 311 cm³/mol. The van der Waals surface area contributed by atoms with E-state index < -0.39 is 322 Å². The van der Waals surface area contributed by atoms with Crippen LogP contribution < -0.4 is 21.3 Å². The van der Waals surface area contributed by atoms with E-state index in [4.69, 9.17) is 71.1 Å². The molecule has 0 aliphatic carbocycles. The molecule has 8 rings (SSSR count). The molecule has 8 aliphatic rings. The van der Waals surface area contributed by atoms with Crippen molar-refractivity contribution in [3.8, 4) is 0 Å². The molecule has 8 saturated heterocycles. The Balaban J connectivity index is 1.14. The molecule has 45 nitrogen and oxygen atoms in total. The summed E-state index contributed by atoms with van der Waals surface area (Å²) >= 11 is 0. The number of carbonyl (C=O) groups excluding carboxylic acids is 4. The molecule has 584 valence electrons. The molecule has 0 spiro atoms. The molecule has 0 aromatic carbocycles. The fourth-order valence-corrected chi connectivity index (χ4v) is 13.0. The Morgan fingerprint density at radius 3 is 0.901 bits per heavy atom. The Kier molecular flexibility index (Phi) is 29.9. The highest BCUT2D eigenvalue weighted by molar-refractivity contribution is 5.74. The number of aliphatic hydroxyl groups excluding tert-OH is 22. The van der Waals surface area contributed by atoms with Crippen LogP contribution in [0.25, 0.3) is 0 Å². The summed E-state index contributed by atoms with van der Waals surface area (Å²) in [7, 11) is 0. The Hall–Kier alpha value is -3.60. The molecular weight excluding hydrogens is 1380 g/mol. The topological polar surface area (TPSA) is 700 Å². The quantitative estimate of drug-likeness (QED) is 0.0382. The van der Waals surface area contributed by atoms with E-state index in [1.165, 1.54) is 0 Å². The lowest BCUT2D eigenvalue weighted by molar-refractivity contribution is -0.386. The minimum atomic E-state index is -2.51. The maximum atomic E-state index is 13.3. The summed E-state index contributed by atoms with van der Waals surface area (Å²) in [6, 6.07) is -7.41. The lowest BCUT2D eigenvalue weighted by atomic mass is 9.93. The van der Waals surface area contributed by atoms with Gasteiger partial charge >= 0.3 is 0 Å². The summed E-state index contributed by atoms with van der Waals surface area (Å²) in [5, 5.41) is 252. The van der Waals surface area contributed by atoms with Crippen LogP contribution in [0.5, 0.6) is 0 Å². The Morgan fingerprint density at radius 1 is 0.257 bits per heavy atom. The lowest BCUT2D eigenvalue weighted by Gasteiger charge is -2.51. The summed E-state index contributed by atoms with van der Waals surface area (Å²) in [5.74, 6) is -3.64. The Morgan fingerprint density at radius 2 is 0.525 bits per heavy atom. The highest BCUT2D eigenvalue weighted by Gasteiger charge is 2.60. The fraction of sp³-hybridized carbons (Fsp3) is 0.929. The minimum absolute atomic E-state index is 0.798. The van der Waals surface area contributed by atoms with Gasteiger partial charge in [-0.3, -0.25) is 19.2 Å². The standard InChI is InChI=1S/C56H94N4O41/c1-13(68)57-25-36(79)43(96-53-39(82)37(80)29(72)17(5-61)91-53)23(11-67)94-50(25)87-12-24-35(78)48(101-52-27(59-15(3)70)45(32(75)20(8-64)90-52)98-54-40(83)38(81)30(73)18(6-62)92-54)42(85)56(95-24)99-46-28(60-16(4)71)51(89-21(9-65)33(46)76)100-47-34(77)22(10-66)93-55(41(47)84)97-44-26(58-14(2)69)49(86)88-19(7-63)31(44)74/h17-56,61-67,72-86H,5-12H2,1-4H3,(H,57,68)(H,58,69)(H,59,70)(H,60,71)/t17-,18-,19-,20-,21-,22-,23-,24-,25-,26-,27-,28-,29+,30+,31+,32-,33-,34+,35+,36+,37+,38+,39-,40-,41-,42-,43-,44-,45-,46-,47+,48+,49?,50-,51+,52+,53+,54+,55+,56+/m1/s1. The SMILES string of the molecule is CC(=O)N[C@H]1[C@H](OC[C@H]2O[C@@H](O[C@H]3[C@H](O)[C@@H](CO)O[C@@H](O[C@H]4[C@@H](O)[C@@H](CO)O[C@@H](O[C@H]5[C@@H](O)[C@@H](CO)OC(O)[C@@H]5NC(C)=O)[C@@H]4O)[C@@H]3NC(C)=O)[C@H](O)[C@@H](O[C@@H]3O[C@H](CO)[C@@H](O)[C@H](O[C@@H]4O[C@H](CO)[C@H](O)[C@H](O)[C@H]4O)[C@H]3NC(C)=O)[C@H]2O)O[C@H](CO)[C@@H](O[C@@H]2O[C@H](CO)[C@H](O)[C@H](O)[C@H]2O)[C@H]1O. The van der Waals surface area contributed by atoms with E-state index in [0.717, 1.165) is 27.7 Å². The van der Waals surface area contributed by atoms with Crippen LogP contribution in [-0.4, -0.2) is 434 Å². The van der Waals surface area contributed by atoms with Crippen molar-refractivity contribution < 1.29 is 203 Å². The smallest absolute Gasteiger partial charge is 0.217 e. The van der Waals surface area contributed by atoms with Crippen LogP contribution in [0, 0.1) is 0 Å². The highest BCUT2D eigenvalue weighted by atomic mass is 16.8. The molecule has 0 radical (unpaired) electrons. The molecule has 8 aliphatic heterocycles. The zero-order chi connectivity index (χ0) is 74.5. The largest absolute Gasteiger partial charge is 0.394 e. The second-order valence-corrected chi connectivity index (χ2v) is 25.4. The summed E-state index contributed by atoms with van der Waals surface area (Å²) in [6.07, 6.45) is -73.1. The van der Waals surface area contributed by atoms with Gasteiger partial charge in [0.05, 0.1) is 52.9 Å². The van der Waals surface area contributed by atoms with Crippen molar-refractivity contribution in [3.63, 3.8) is 0 Å². The van der Waals surface area contributed by atoms with Crippen LogP contribution in [0.15, 0.2) is 0 Å². The van der Waals surface area contributed by atoms with E-state index in [0.29, 0.717) is 0 Å². The Bertz CT molecular complexity index is 2640. The molecule has 45 heteroatoms. The molecule has 8 heterocycles. The monoisotopic (exact) mass is 1480 g/mol. The minimum Gasteiger partial charge on any atom is -0.394 e. The maximum Gasteiger partial charge on any atom is 0.217 e. The van der Waals surface area contributed by atoms with Crippen LogP contribution in [0.4, 0.5) is 0 Å². The highest BCUT2D eigenvalue weighted by Crippen LogP contribution is 2.39. The van der Waals surface area contributed by atoms with Crippen molar-refractivity contribution in [1.29, 1.82) is 0 Å². The molecule has 4 amide bonds. The summed E-state index contributed by atoms with van der Waals surface area (Å²) in [5.41, 5.74) is 0. The van der Waals surface area contributed by atoms with Crippen molar-refractivity contribution in [1.82, 2.24) is 21.3 Å². The molecule has 26 N–H and O–H groups in total. The van der Waals surface area contributed by atoms with Gasteiger partial charge in [0.15, 0.2) is 50.3 Å². The summed E-state index contributed by atoms with van der Waals surface area (Å²) < 4.78 is 88.1. The average Bonchev–Trinajstić information content (AvgIpc) is 0.699. The van der Waals surface area contributed by atoms with Gasteiger partial charge in [0, 0.05) is 27.7 Å². The first-order valence-corrected chi connectivity index (χ1v) is 32.1. The maximum absolute atomic E-state index is 13.3. The van der Waals surface area contributed by atoms with Crippen molar-refractivity contribution in [2.75, 3.05) is 52.9 Å². The second-order valence-electron chi connectivity index (χ2n) is 25.4.